The Morgan fingerprint density at radius 3 is 2.59 bits per heavy atom. The molecular weight excluding hydrogens is 437 g/mol. The number of nitrogens with zero attached hydrogens (tertiary/aromatic N) is 5. The molecule has 0 spiro atoms. The quantitative estimate of drug-likeness (QED) is 0.546. The van der Waals surface area contributed by atoms with E-state index in [1.165, 1.54) is 28.9 Å². The van der Waals surface area contributed by atoms with Crippen LogP contribution in [0.5, 0.6) is 0 Å². The number of amides is 2. The first-order chi connectivity index (χ1) is 16.0. The van der Waals surface area contributed by atoms with Crippen molar-refractivity contribution in [3.05, 3.63) is 64.9 Å². The maximum atomic E-state index is 14.8. The van der Waals surface area contributed by atoms with E-state index in [0.717, 1.165) is 10.6 Å². The predicted octanol–water partition coefficient (Wildman–Crippen LogP) is 4.96. The molecule has 0 aliphatic carbocycles. The molecule has 1 aliphatic heterocycles. The molecule has 1 aliphatic rings. The highest BCUT2D eigenvalue weighted by Crippen LogP contribution is 2.34. The van der Waals surface area contributed by atoms with E-state index >= 15 is 0 Å². The minimum atomic E-state index is -0.796. The van der Waals surface area contributed by atoms with Gasteiger partial charge in [0.25, 0.3) is 5.91 Å². The topological polar surface area (TPSA) is 101 Å². The van der Waals surface area contributed by atoms with Gasteiger partial charge in [0.2, 0.25) is 0 Å². The zero-order valence-corrected chi connectivity index (χ0v) is 19.6. The normalized spacial score (nSPS) is 13.2. The zero-order valence-electron chi connectivity index (χ0n) is 19.6. The number of carbonyl (C=O) groups excluding carboxylic acids is 2. The number of halogens is 1. The summed E-state index contributed by atoms with van der Waals surface area (Å²) in [6.45, 7) is 8.96. The summed E-state index contributed by atoms with van der Waals surface area (Å²) in [6.07, 6.45) is 0.903. The highest BCUT2D eigenvalue weighted by atomic mass is 19.1. The van der Waals surface area contributed by atoms with E-state index in [9.17, 15) is 19.2 Å². The van der Waals surface area contributed by atoms with Crippen molar-refractivity contribution in [1.29, 1.82) is 5.26 Å². The molecule has 0 atom stereocenters. The Bertz CT molecular complexity index is 1350. The zero-order chi connectivity index (χ0) is 24.8. The highest BCUT2D eigenvalue weighted by Gasteiger charge is 2.39. The van der Waals surface area contributed by atoms with Crippen LogP contribution in [0.4, 0.5) is 9.18 Å². The molecule has 4 rings (SSSR count). The second kappa shape index (κ2) is 8.37. The maximum Gasteiger partial charge on any atom is 0.417 e. The van der Waals surface area contributed by atoms with Gasteiger partial charge in [-0.3, -0.25) is 4.79 Å². The average Bonchev–Trinajstić information content (AvgIpc) is 3.37. The third kappa shape index (κ3) is 4.15. The van der Waals surface area contributed by atoms with Gasteiger partial charge in [-0.1, -0.05) is 19.9 Å². The third-order valence-electron chi connectivity index (χ3n) is 5.29. The lowest BCUT2D eigenvalue weighted by Crippen LogP contribution is -2.37. The van der Waals surface area contributed by atoms with Crippen LogP contribution in [0.25, 0.3) is 16.9 Å². The van der Waals surface area contributed by atoms with Crippen LogP contribution in [0.15, 0.2) is 36.5 Å². The number of hydrogen-bond donors (Lipinski definition) is 0. The number of fused-ring (bicyclic) bond motifs is 1. The molecule has 0 fully saturated rings. The number of rotatable bonds is 3. The number of carbonyl (C=O) groups is 2. The van der Waals surface area contributed by atoms with Crippen LogP contribution < -0.4 is 0 Å². The van der Waals surface area contributed by atoms with Crippen LogP contribution >= 0.6 is 0 Å². The molecule has 0 saturated carbocycles. The smallest absolute Gasteiger partial charge is 0.417 e. The summed E-state index contributed by atoms with van der Waals surface area (Å²) >= 11 is 0. The summed E-state index contributed by atoms with van der Waals surface area (Å²) in [5, 5.41) is 14.1. The van der Waals surface area contributed by atoms with Crippen LogP contribution in [0, 0.1) is 17.1 Å². The van der Waals surface area contributed by atoms with E-state index in [2.05, 4.69) is 10.1 Å². The fraction of sp³-hybridized carbons (Fsp3) is 0.320. The number of nitriles is 1. The van der Waals surface area contributed by atoms with Crippen molar-refractivity contribution in [3.63, 3.8) is 0 Å². The molecule has 0 bridgehead atoms. The highest BCUT2D eigenvalue weighted by molar-refractivity contribution is 6.08. The molecule has 2 amide bonds. The summed E-state index contributed by atoms with van der Waals surface area (Å²) in [7, 11) is 0. The molecule has 0 N–H and O–H groups in total. The van der Waals surface area contributed by atoms with Gasteiger partial charge in [0.15, 0.2) is 0 Å². The first kappa shape index (κ1) is 23.1. The van der Waals surface area contributed by atoms with Crippen molar-refractivity contribution in [3.8, 4) is 23.0 Å². The monoisotopic (exact) mass is 461 g/mol. The lowest BCUT2D eigenvalue weighted by Gasteiger charge is -2.23. The Balaban J connectivity index is 1.91. The van der Waals surface area contributed by atoms with Crippen molar-refractivity contribution in [2.24, 2.45) is 0 Å². The summed E-state index contributed by atoms with van der Waals surface area (Å²) in [5.41, 5.74) is 1.10. The molecule has 34 heavy (non-hydrogen) atoms. The van der Waals surface area contributed by atoms with E-state index < -0.39 is 23.4 Å². The van der Waals surface area contributed by atoms with Gasteiger partial charge in [-0.25, -0.2) is 23.8 Å². The van der Waals surface area contributed by atoms with Crippen LogP contribution in [0.3, 0.4) is 0 Å². The van der Waals surface area contributed by atoms with Gasteiger partial charge in [0.05, 0.1) is 52.1 Å². The number of hydrogen-bond acceptors (Lipinski definition) is 6. The lowest BCUT2D eigenvalue weighted by atomic mass is 10.0. The minimum Gasteiger partial charge on any atom is -0.443 e. The molecule has 1 aromatic carbocycles. The second-order valence-corrected chi connectivity index (χ2v) is 9.33. The number of ether oxygens (including phenoxy) is 1. The second-order valence-electron chi connectivity index (χ2n) is 9.33. The third-order valence-corrected chi connectivity index (χ3v) is 5.29. The van der Waals surface area contributed by atoms with Crippen molar-refractivity contribution in [2.45, 2.75) is 52.7 Å². The standard InChI is InChI=1S/C25H24FN5O3/c1-14(2)17-9-10-31(29-17)20-11-18(21-15(12-27)7-6-8-16(21)26)28-19-13-30(23(32)22(19)20)24(33)34-25(3,4)5/h6-11,14H,13H2,1-5H3. The predicted molar refractivity (Wildman–Crippen MR) is 122 cm³/mol. The minimum absolute atomic E-state index is 0.0217. The average molecular weight is 461 g/mol. The Kier molecular flexibility index (Phi) is 5.69. The molecule has 2 aromatic heterocycles. The molecule has 0 saturated heterocycles. The van der Waals surface area contributed by atoms with Gasteiger partial charge in [-0.15, -0.1) is 0 Å². The molecule has 0 radical (unpaired) electrons. The van der Waals surface area contributed by atoms with Gasteiger partial charge in [0.1, 0.15) is 11.4 Å². The lowest BCUT2D eigenvalue weighted by molar-refractivity contribution is 0.0247. The molecular formula is C25H24FN5O3. The van der Waals surface area contributed by atoms with Gasteiger partial charge in [0, 0.05) is 6.20 Å². The van der Waals surface area contributed by atoms with Crippen LogP contribution in [0.2, 0.25) is 0 Å². The molecule has 3 heterocycles. The number of pyridine rings is 1. The molecule has 0 unspecified atom stereocenters. The number of aromatic nitrogens is 3. The Hall–Kier alpha value is -4.06. The van der Waals surface area contributed by atoms with E-state index in [1.54, 1.807) is 27.0 Å². The molecule has 3 aromatic rings. The number of benzene rings is 1. The van der Waals surface area contributed by atoms with E-state index in [4.69, 9.17) is 4.74 Å². The summed E-state index contributed by atoms with van der Waals surface area (Å²) < 4.78 is 21.7. The van der Waals surface area contributed by atoms with Crippen molar-refractivity contribution < 1.29 is 18.7 Å². The first-order valence-corrected chi connectivity index (χ1v) is 10.8. The van der Waals surface area contributed by atoms with Gasteiger partial charge >= 0.3 is 6.09 Å². The first-order valence-electron chi connectivity index (χ1n) is 10.8. The Labute approximate surface area is 196 Å². The summed E-state index contributed by atoms with van der Waals surface area (Å²) in [6, 6.07) is 9.52. The van der Waals surface area contributed by atoms with Crippen molar-refractivity contribution >= 4 is 12.0 Å². The SMILES string of the molecule is CC(C)c1ccn(-c2cc(-c3c(F)cccc3C#N)nc3c2C(=O)N(C(=O)OC(C)(C)C)C3)n1. The fourth-order valence-electron chi connectivity index (χ4n) is 3.72. The van der Waals surface area contributed by atoms with Crippen LogP contribution in [-0.4, -0.2) is 37.3 Å². The van der Waals surface area contributed by atoms with Crippen molar-refractivity contribution in [1.82, 2.24) is 19.7 Å². The molecule has 174 valence electrons. The van der Waals surface area contributed by atoms with Crippen LogP contribution in [0.1, 0.15) is 67.8 Å². The maximum absolute atomic E-state index is 14.8. The Morgan fingerprint density at radius 2 is 1.97 bits per heavy atom. The van der Waals surface area contributed by atoms with Gasteiger partial charge in [-0.05, 0) is 51.0 Å². The fourth-order valence-corrected chi connectivity index (χ4v) is 3.72. The van der Waals surface area contributed by atoms with Crippen LogP contribution in [-0.2, 0) is 11.3 Å². The summed E-state index contributed by atoms with van der Waals surface area (Å²) in [5.74, 6) is -1.05. The van der Waals surface area contributed by atoms with E-state index in [-0.39, 0.29) is 40.5 Å². The number of imide groups is 1. The molecule has 9 heteroatoms. The van der Waals surface area contributed by atoms with Gasteiger partial charge in [-0.2, -0.15) is 10.4 Å². The summed E-state index contributed by atoms with van der Waals surface area (Å²) in [4.78, 5) is 31.5. The Morgan fingerprint density at radius 1 is 1.24 bits per heavy atom. The van der Waals surface area contributed by atoms with Crippen molar-refractivity contribution in [2.75, 3.05) is 0 Å². The van der Waals surface area contributed by atoms with E-state index in [0.29, 0.717) is 5.69 Å². The van der Waals surface area contributed by atoms with E-state index in [1.807, 2.05) is 26.0 Å². The largest absolute Gasteiger partial charge is 0.443 e. The van der Waals surface area contributed by atoms with Gasteiger partial charge < -0.3 is 4.74 Å². The molecule has 8 nitrogen and oxygen atoms in total.